The second-order valence-electron chi connectivity index (χ2n) is 2.77. The quantitative estimate of drug-likeness (QED) is 0.381. The fourth-order valence-corrected chi connectivity index (χ4v) is 1.26. The van der Waals surface area contributed by atoms with Crippen molar-refractivity contribution in [1.29, 1.82) is 0 Å². The van der Waals surface area contributed by atoms with Crippen LogP contribution in [0.15, 0.2) is 0 Å². The monoisotopic (exact) mass is 145 g/mol. The minimum absolute atomic E-state index is 0.0938. The van der Waals surface area contributed by atoms with E-state index in [-0.39, 0.29) is 4.65 Å². The maximum absolute atomic E-state index is 11.5. The molecule has 1 heterocycles. The van der Waals surface area contributed by atoms with Gasteiger partial charge in [-0.1, -0.05) is 0 Å². The molecule has 1 fully saturated rings. The Kier molecular flexibility index (Phi) is 2.62. The Morgan fingerprint density at radius 2 is 2.00 bits per heavy atom. The number of hydrogen-bond acceptors (Lipinski definition) is 3. The van der Waals surface area contributed by atoms with E-state index in [0.29, 0.717) is 26.2 Å². The molecule has 0 aromatic heterocycles. The summed E-state index contributed by atoms with van der Waals surface area (Å²) in [6.45, 7) is 4.10. The third-order valence-electron chi connectivity index (χ3n) is 1.93. The normalized spacial score (nSPS) is 24.6. The van der Waals surface area contributed by atoms with Gasteiger partial charge in [0.1, 0.15) is 0 Å². The van der Waals surface area contributed by atoms with Gasteiger partial charge in [-0.15, -0.1) is 0 Å². The fraction of sp³-hybridized carbons (Fsp3) is 1.00. The molecule has 1 aliphatic heterocycles. The molecular weight excluding hydrogens is 130 g/mol. The molecule has 0 atom stereocenters. The van der Waals surface area contributed by atoms with E-state index in [1.54, 1.807) is 0 Å². The summed E-state index contributed by atoms with van der Waals surface area (Å²) in [5.74, 6) is 0. The summed E-state index contributed by atoms with van der Waals surface area (Å²) < 4.78 is -0.0938. The van der Waals surface area contributed by atoms with Crippen LogP contribution in [0.1, 0.15) is 0 Å². The van der Waals surface area contributed by atoms with Crippen molar-refractivity contribution in [3.63, 3.8) is 0 Å². The highest BCUT2D eigenvalue weighted by Crippen LogP contribution is 2.03. The molecule has 0 aliphatic carbocycles. The highest BCUT2D eigenvalue weighted by atomic mass is 16.5. The molecule has 0 bridgehead atoms. The number of rotatable bonds is 2. The Morgan fingerprint density at radius 3 is 2.50 bits per heavy atom. The lowest BCUT2D eigenvalue weighted by Crippen LogP contribution is -2.56. The van der Waals surface area contributed by atoms with E-state index in [2.05, 4.69) is 5.32 Å². The van der Waals surface area contributed by atoms with Gasteiger partial charge in [-0.25, -0.2) is 0 Å². The van der Waals surface area contributed by atoms with Gasteiger partial charge in [0.25, 0.3) is 0 Å². The van der Waals surface area contributed by atoms with E-state index in [1.807, 2.05) is 0 Å². The van der Waals surface area contributed by atoms with Crippen molar-refractivity contribution in [1.82, 2.24) is 5.32 Å². The van der Waals surface area contributed by atoms with Crippen LogP contribution in [0.4, 0.5) is 0 Å². The second-order valence-corrected chi connectivity index (χ2v) is 2.77. The van der Waals surface area contributed by atoms with Crippen LogP contribution in [0.2, 0.25) is 0 Å². The van der Waals surface area contributed by atoms with Crippen LogP contribution >= 0.6 is 0 Å². The summed E-state index contributed by atoms with van der Waals surface area (Å²) >= 11 is 0. The van der Waals surface area contributed by atoms with Gasteiger partial charge in [0.05, 0.1) is 19.6 Å². The molecule has 1 aliphatic rings. The second kappa shape index (κ2) is 3.30. The summed E-state index contributed by atoms with van der Waals surface area (Å²) in [7, 11) is 0. The molecule has 1 rings (SSSR count). The van der Waals surface area contributed by atoms with Gasteiger partial charge in [-0.3, -0.25) is 0 Å². The predicted octanol–water partition coefficient (Wildman–Crippen LogP) is -1.14. The topological polar surface area (TPSA) is 61.1 Å². The lowest BCUT2D eigenvalue weighted by atomic mass is 10.3. The third-order valence-corrected chi connectivity index (χ3v) is 1.93. The Labute approximate surface area is 61.2 Å². The van der Waals surface area contributed by atoms with E-state index in [9.17, 15) is 5.21 Å². The maximum atomic E-state index is 11.5. The predicted molar refractivity (Wildman–Crippen MR) is 40.2 cm³/mol. The number of quaternary nitrogens is 1. The summed E-state index contributed by atoms with van der Waals surface area (Å²) in [6.07, 6.45) is 0. The van der Waals surface area contributed by atoms with Gasteiger partial charge in [0, 0.05) is 19.6 Å². The molecule has 0 radical (unpaired) electrons. The van der Waals surface area contributed by atoms with Crippen LogP contribution < -0.4 is 11.1 Å². The van der Waals surface area contributed by atoms with Gasteiger partial charge >= 0.3 is 0 Å². The summed E-state index contributed by atoms with van der Waals surface area (Å²) in [4.78, 5) is 0. The fourth-order valence-electron chi connectivity index (χ4n) is 1.26. The molecular formula is C6H15N3O. The first-order valence-electron chi connectivity index (χ1n) is 3.75. The van der Waals surface area contributed by atoms with Crippen LogP contribution in [0.5, 0.6) is 0 Å². The zero-order valence-electron chi connectivity index (χ0n) is 6.18. The van der Waals surface area contributed by atoms with Crippen molar-refractivity contribution in [2.45, 2.75) is 0 Å². The Hall–Kier alpha value is -0.160. The largest absolute Gasteiger partial charge is 0.633 e. The standard InChI is InChI=1S/C6H15N3O/c7-1-4-9(10)5-2-8-3-6-9/h8H,1-7H2. The molecule has 3 N–H and O–H groups in total. The van der Waals surface area contributed by atoms with E-state index in [0.717, 1.165) is 13.1 Å². The number of nitrogens with two attached hydrogens (primary N) is 1. The minimum atomic E-state index is -0.0938. The highest BCUT2D eigenvalue weighted by Gasteiger charge is 2.18. The summed E-state index contributed by atoms with van der Waals surface area (Å²) in [5, 5.41) is 14.7. The Morgan fingerprint density at radius 1 is 1.40 bits per heavy atom. The molecule has 0 saturated carbocycles. The molecule has 0 spiro atoms. The van der Waals surface area contributed by atoms with Crippen molar-refractivity contribution >= 4 is 0 Å². The lowest BCUT2D eigenvalue weighted by Gasteiger charge is -2.45. The summed E-state index contributed by atoms with van der Waals surface area (Å²) in [5.41, 5.74) is 5.31. The van der Waals surface area contributed by atoms with Crippen molar-refractivity contribution in [2.24, 2.45) is 5.73 Å². The number of hydroxylamine groups is 3. The first-order chi connectivity index (χ1) is 4.77. The number of piperazine rings is 1. The van der Waals surface area contributed by atoms with Crippen molar-refractivity contribution in [3.8, 4) is 0 Å². The molecule has 1 saturated heterocycles. The van der Waals surface area contributed by atoms with E-state index < -0.39 is 0 Å². The van der Waals surface area contributed by atoms with Crippen LogP contribution in [0.25, 0.3) is 0 Å². The number of nitrogens with zero attached hydrogens (tertiary/aromatic N) is 1. The van der Waals surface area contributed by atoms with Crippen LogP contribution in [-0.4, -0.2) is 43.9 Å². The van der Waals surface area contributed by atoms with E-state index >= 15 is 0 Å². The number of nitrogens with one attached hydrogen (secondary N) is 1. The van der Waals surface area contributed by atoms with Gasteiger partial charge in [0.15, 0.2) is 0 Å². The summed E-state index contributed by atoms with van der Waals surface area (Å²) in [6, 6.07) is 0. The third kappa shape index (κ3) is 1.91. The van der Waals surface area contributed by atoms with Crippen molar-refractivity contribution in [3.05, 3.63) is 5.21 Å². The molecule has 0 unspecified atom stereocenters. The average Bonchev–Trinajstić information content (AvgIpc) is 1.89. The molecule has 4 heteroatoms. The molecule has 0 aromatic carbocycles. The highest BCUT2D eigenvalue weighted by molar-refractivity contribution is 4.57. The first kappa shape index (κ1) is 7.94. The smallest absolute Gasteiger partial charge is 0.0911 e. The van der Waals surface area contributed by atoms with Gasteiger partial charge in [-0.2, -0.15) is 0 Å². The Balaban J connectivity index is 2.32. The SMILES string of the molecule is NCC[N+]1([O-])CCNCC1. The van der Waals surface area contributed by atoms with E-state index in [4.69, 9.17) is 5.73 Å². The average molecular weight is 145 g/mol. The van der Waals surface area contributed by atoms with Crippen LogP contribution in [-0.2, 0) is 0 Å². The lowest BCUT2D eigenvalue weighted by molar-refractivity contribution is -0.881. The van der Waals surface area contributed by atoms with E-state index in [1.165, 1.54) is 0 Å². The molecule has 60 valence electrons. The minimum Gasteiger partial charge on any atom is -0.633 e. The zero-order chi connectivity index (χ0) is 7.45. The number of hydrogen-bond donors (Lipinski definition) is 2. The molecule has 10 heavy (non-hydrogen) atoms. The maximum Gasteiger partial charge on any atom is 0.0911 e. The molecule has 0 amide bonds. The zero-order valence-corrected chi connectivity index (χ0v) is 6.18. The van der Waals surface area contributed by atoms with Crippen molar-refractivity contribution < 1.29 is 4.65 Å². The first-order valence-corrected chi connectivity index (χ1v) is 3.75. The van der Waals surface area contributed by atoms with Crippen molar-refractivity contribution in [2.75, 3.05) is 39.3 Å². The Bertz CT molecular complexity index is 95.7. The van der Waals surface area contributed by atoms with Gasteiger partial charge in [0.2, 0.25) is 0 Å². The van der Waals surface area contributed by atoms with Gasteiger partial charge < -0.3 is 20.9 Å². The van der Waals surface area contributed by atoms with Crippen LogP contribution in [0, 0.1) is 5.21 Å². The van der Waals surface area contributed by atoms with Gasteiger partial charge in [-0.05, 0) is 0 Å². The van der Waals surface area contributed by atoms with Crippen LogP contribution in [0.3, 0.4) is 0 Å². The molecule has 4 nitrogen and oxygen atoms in total. The molecule has 0 aromatic rings.